The summed E-state index contributed by atoms with van der Waals surface area (Å²) in [6.45, 7) is 2.99. The maximum absolute atomic E-state index is 14.3. The van der Waals surface area contributed by atoms with Crippen LogP contribution in [0, 0.1) is 6.92 Å². The van der Waals surface area contributed by atoms with Gasteiger partial charge in [-0.3, -0.25) is 13.9 Å². The summed E-state index contributed by atoms with van der Waals surface area (Å²) in [7, 11) is 0.171. The minimum atomic E-state index is -4.28. The molecule has 0 bridgehead atoms. The van der Waals surface area contributed by atoms with Crippen LogP contribution in [0.4, 0.5) is 5.69 Å². The Labute approximate surface area is 266 Å². The van der Waals surface area contributed by atoms with Crippen molar-refractivity contribution < 1.29 is 32.2 Å². The molecule has 3 aromatic carbocycles. The highest BCUT2D eigenvalue weighted by molar-refractivity contribution is 7.92. The number of hydrogen-bond acceptors (Lipinski definition) is 7. The first-order valence-corrected chi connectivity index (χ1v) is 16.6. The molecular formula is C34H43N3O7S. The highest BCUT2D eigenvalue weighted by atomic mass is 32.2. The van der Waals surface area contributed by atoms with Crippen LogP contribution in [0.1, 0.15) is 50.2 Å². The number of carbonyl (C=O) groups is 2. The summed E-state index contributed by atoms with van der Waals surface area (Å²) in [5.74, 6) is 0.371. The molecule has 0 spiro atoms. The van der Waals surface area contributed by atoms with E-state index >= 15 is 0 Å². The van der Waals surface area contributed by atoms with Gasteiger partial charge in [0.05, 0.1) is 31.9 Å². The number of amides is 2. The van der Waals surface area contributed by atoms with Crippen molar-refractivity contribution in [2.75, 3.05) is 32.2 Å². The van der Waals surface area contributed by atoms with Gasteiger partial charge >= 0.3 is 0 Å². The molecular weight excluding hydrogens is 594 g/mol. The first-order chi connectivity index (χ1) is 21.6. The molecule has 3 aromatic rings. The van der Waals surface area contributed by atoms with Crippen molar-refractivity contribution in [3.8, 4) is 17.2 Å². The average Bonchev–Trinajstić information content (AvgIpc) is 3.06. The van der Waals surface area contributed by atoms with Crippen LogP contribution in [0.2, 0.25) is 0 Å². The molecule has 0 unspecified atom stereocenters. The normalized spacial score (nSPS) is 14.2. The van der Waals surface area contributed by atoms with E-state index in [-0.39, 0.29) is 34.8 Å². The van der Waals surface area contributed by atoms with Crippen molar-refractivity contribution in [3.63, 3.8) is 0 Å². The number of hydrogen-bond donors (Lipinski definition) is 1. The Hall–Kier alpha value is -4.25. The van der Waals surface area contributed by atoms with E-state index in [9.17, 15) is 18.0 Å². The Kier molecular flexibility index (Phi) is 11.3. The van der Waals surface area contributed by atoms with E-state index in [4.69, 9.17) is 14.2 Å². The summed E-state index contributed by atoms with van der Waals surface area (Å²) in [5, 5.41) is 3.12. The molecule has 1 atom stereocenters. The lowest BCUT2D eigenvalue weighted by Gasteiger charge is -2.33. The van der Waals surface area contributed by atoms with Crippen LogP contribution in [-0.2, 0) is 26.2 Å². The average molecular weight is 638 g/mol. The molecule has 0 aliphatic heterocycles. The van der Waals surface area contributed by atoms with Crippen LogP contribution >= 0.6 is 0 Å². The molecule has 1 N–H and O–H groups in total. The number of anilines is 1. The standard InChI is InChI=1S/C34H43N3O7S/c1-24-14-17-30(18-15-24)45(40,41)37(31-21-29(43-4)16-19-32(31)44-5)23-33(38)36(22-26-10-9-13-28(20-26)42-3)25(2)34(39)35-27-11-7-6-8-12-27/h9-10,13-21,25,27H,6-8,11-12,22-23H2,1-5H3,(H,35,39)/t25-/m0/s1. The number of nitrogens with one attached hydrogen (secondary N) is 1. The Morgan fingerprint density at radius 2 is 1.56 bits per heavy atom. The zero-order valence-electron chi connectivity index (χ0n) is 26.6. The SMILES string of the molecule is COc1cccc(CN(C(=O)CN(c2cc(OC)ccc2OC)S(=O)(=O)c2ccc(C)cc2)[C@@H](C)C(=O)NC2CCCCC2)c1. The summed E-state index contributed by atoms with van der Waals surface area (Å²) in [6, 6.07) is 17.5. The molecule has 11 heteroatoms. The minimum absolute atomic E-state index is 0.00760. The highest BCUT2D eigenvalue weighted by Gasteiger charge is 2.34. The van der Waals surface area contributed by atoms with Crippen molar-refractivity contribution in [3.05, 3.63) is 77.9 Å². The Bertz CT molecular complexity index is 1570. The van der Waals surface area contributed by atoms with Gasteiger partial charge in [0, 0.05) is 18.7 Å². The molecule has 2 amide bonds. The maximum atomic E-state index is 14.3. The van der Waals surface area contributed by atoms with E-state index < -0.39 is 28.5 Å². The largest absolute Gasteiger partial charge is 0.497 e. The monoisotopic (exact) mass is 637 g/mol. The predicted octanol–water partition coefficient (Wildman–Crippen LogP) is 5.08. The van der Waals surface area contributed by atoms with Gasteiger partial charge in [0.15, 0.2) is 0 Å². The van der Waals surface area contributed by atoms with Crippen molar-refractivity contribution in [1.29, 1.82) is 0 Å². The van der Waals surface area contributed by atoms with Crippen LogP contribution in [0.25, 0.3) is 0 Å². The van der Waals surface area contributed by atoms with E-state index in [1.165, 1.54) is 37.3 Å². The maximum Gasteiger partial charge on any atom is 0.264 e. The van der Waals surface area contributed by atoms with Crippen molar-refractivity contribution in [2.24, 2.45) is 0 Å². The van der Waals surface area contributed by atoms with Gasteiger partial charge in [0.2, 0.25) is 11.8 Å². The third kappa shape index (κ3) is 8.27. The molecule has 1 aliphatic rings. The fourth-order valence-corrected chi connectivity index (χ4v) is 6.88. The Morgan fingerprint density at radius 1 is 0.889 bits per heavy atom. The second-order valence-corrected chi connectivity index (χ2v) is 13.1. The zero-order valence-corrected chi connectivity index (χ0v) is 27.4. The zero-order chi connectivity index (χ0) is 32.6. The van der Waals surface area contributed by atoms with Crippen LogP contribution in [-0.4, -0.2) is 65.1 Å². The van der Waals surface area contributed by atoms with Crippen LogP contribution in [0.5, 0.6) is 17.2 Å². The van der Waals surface area contributed by atoms with Gasteiger partial charge in [-0.1, -0.05) is 49.1 Å². The highest BCUT2D eigenvalue weighted by Crippen LogP contribution is 2.36. The molecule has 0 saturated heterocycles. The van der Waals surface area contributed by atoms with E-state index in [2.05, 4.69) is 5.32 Å². The molecule has 1 fully saturated rings. The fourth-order valence-electron chi connectivity index (χ4n) is 5.46. The molecule has 4 rings (SSSR count). The molecule has 1 aliphatic carbocycles. The van der Waals surface area contributed by atoms with Gasteiger partial charge < -0.3 is 24.4 Å². The third-order valence-electron chi connectivity index (χ3n) is 8.15. The first-order valence-electron chi connectivity index (χ1n) is 15.1. The van der Waals surface area contributed by atoms with Crippen molar-refractivity contribution in [2.45, 2.75) is 69.5 Å². The van der Waals surface area contributed by atoms with Crippen LogP contribution in [0.3, 0.4) is 0 Å². The Balaban J connectivity index is 1.75. The van der Waals surface area contributed by atoms with E-state index in [1.807, 2.05) is 13.0 Å². The number of aryl methyl sites for hydroxylation is 1. The van der Waals surface area contributed by atoms with Crippen LogP contribution in [0.15, 0.2) is 71.6 Å². The number of nitrogens with zero attached hydrogens (tertiary/aromatic N) is 2. The van der Waals surface area contributed by atoms with E-state index in [1.54, 1.807) is 56.5 Å². The summed E-state index contributed by atoms with van der Waals surface area (Å²) in [5.41, 5.74) is 1.75. The first kappa shape index (κ1) is 33.6. The fraction of sp³-hybridized carbons (Fsp3) is 0.412. The summed E-state index contributed by atoms with van der Waals surface area (Å²) >= 11 is 0. The number of benzene rings is 3. The van der Waals surface area contributed by atoms with E-state index in [0.29, 0.717) is 11.5 Å². The summed E-state index contributed by atoms with van der Waals surface area (Å²) in [6.07, 6.45) is 5.00. The number of methoxy groups -OCH3 is 3. The summed E-state index contributed by atoms with van der Waals surface area (Å²) < 4.78 is 45.8. The second-order valence-electron chi connectivity index (χ2n) is 11.3. The lowest BCUT2D eigenvalue weighted by Crippen LogP contribution is -2.53. The van der Waals surface area contributed by atoms with Gasteiger partial charge in [-0.25, -0.2) is 8.42 Å². The summed E-state index contributed by atoms with van der Waals surface area (Å²) in [4.78, 5) is 29.3. The Morgan fingerprint density at radius 3 is 2.20 bits per heavy atom. The van der Waals surface area contributed by atoms with Crippen LogP contribution < -0.4 is 23.8 Å². The van der Waals surface area contributed by atoms with Crippen molar-refractivity contribution >= 4 is 27.5 Å². The molecule has 45 heavy (non-hydrogen) atoms. The smallest absolute Gasteiger partial charge is 0.264 e. The van der Waals surface area contributed by atoms with Gasteiger partial charge in [0.1, 0.15) is 29.8 Å². The van der Waals surface area contributed by atoms with Gasteiger partial charge in [-0.15, -0.1) is 0 Å². The van der Waals surface area contributed by atoms with Gasteiger partial charge in [-0.05, 0) is 68.7 Å². The quantitative estimate of drug-likeness (QED) is 0.278. The molecule has 1 saturated carbocycles. The third-order valence-corrected chi connectivity index (χ3v) is 9.92. The molecule has 242 valence electrons. The number of ether oxygens (including phenoxy) is 3. The topological polar surface area (TPSA) is 114 Å². The molecule has 10 nitrogen and oxygen atoms in total. The molecule has 0 heterocycles. The molecule has 0 aromatic heterocycles. The predicted molar refractivity (Wildman–Crippen MR) is 173 cm³/mol. The number of sulfonamides is 1. The van der Waals surface area contributed by atoms with E-state index in [0.717, 1.165) is 47.5 Å². The van der Waals surface area contributed by atoms with Gasteiger partial charge in [0.25, 0.3) is 10.0 Å². The lowest BCUT2D eigenvalue weighted by atomic mass is 9.95. The minimum Gasteiger partial charge on any atom is -0.497 e. The van der Waals surface area contributed by atoms with Gasteiger partial charge in [-0.2, -0.15) is 0 Å². The lowest BCUT2D eigenvalue weighted by molar-refractivity contribution is -0.139. The van der Waals surface area contributed by atoms with Crippen molar-refractivity contribution in [1.82, 2.24) is 10.2 Å². The molecule has 0 radical (unpaired) electrons. The number of rotatable bonds is 13. The second kappa shape index (κ2) is 15.2. The number of carbonyl (C=O) groups excluding carboxylic acids is 2.